The fourth-order valence-electron chi connectivity index (χ4n) is 3.40. The Morgan fingerprint density at radius 1 is 1.17 bits per heavy atom. The molecule has 0 unspecified atom stereocenters. The molecular weight excluding hydrogens is 424 g/mol. The van der Waals surface area contributed by atoms with Gasteiger partial charge in [0.1, 0.15) is 12.4 Å². The molecule has 0 atom stereocenters. The van der Waals surface area contributed by atoms with Crippen LogP contribution in [0.4, 0.5) is 0 Å². The first-order valence-electron chi connectivity index (χ1n) is 10.0. The highest BCUT2D eigenvalue weighted by atomic mass is 32.2. The van der Waals surface area contributed by atoms with Crippen LogP contribution in [0.25, 0.3) is 0 Å². The van der Waals surface area contributed by atoms with Crippen LogP contribution in [0.15, 0.2) is 29.6 Å². The summed E-state index contributed by atoms with van der Waals surface area (Å²) in [5.41, 5.74) is 1.31. The minimum absolute atomic E-state index is 0.153. The van der Waals surface area contributed by atoms with Gasteiger partial charge in [0.05, 0.1) is 16.3 Å². The van der Waals surface area contributed by atoms with Crippen LogP contribution in [0.3, 0.4) is 0 Å². The molecule has 0 spiro atoms. The number of nitrogens with zero attached hydrogens (tertiary/aromatic N) is 4. The second kappa shape index (κ2) is 9.86. The van der Waals surface area contributed by atoms with Gasteiger partial charge in [-0.1, -0.05) is 26.0 Å². The maximum absolute atomic E-state index is 13.1. The fraction of sp³-hybridized carbons (Fsp3) is 0.500. The molecule has 0 bridgehead atoms. The Hall–Kier alpha value is -2.01. The number of benzene rings is 1. The molecule has 1 aromatic heterocycles. The SMILES string of the molecule is CCN(CC)S(=O)(=O)N1CCN(C(=O)c2ccccc2OCc2csc(C)n2)CC1. The van der Waals surface area contributed by atoms with Gasteiger partial charge >= 0.3 is 0 Å². The van der Waals surface area contributed by atoms with Crippen LogP contribution in [0.2, 0.25) is 0 Å². The average molecular weight is 453 g/mol. The molecule has 2 aromatic rings. The van der Waals surface area contributed by atoms with Crippen LogP contribution in [0, 0.1) is 6.92 Å². The molecule has 1 aliphatic heterocycles. The van der Waals surface area contributed by atoms with Gasteiger partial charge in [0.15, 0.2) is 0 Å². The van der Waals surface area contributed by atoms with Crippen LogP contribution in [0.1, 0.15) is 34.9 Å². The van der Waals surface area contributed by atoms with Crippen LogP contribution in [-0.2, 0) is 16.8 Å². The molecule has 1 aromatic carbocycles. The van der Waals surface area contributed by atoms with Crippen LogP contribution >= 0.6 is 11.3 Å². The van der Waals surface area contributed by atoms with Gasteiger partial charge in [-0.25, -0.2) is 4.98 Å². The Morgan fingerprint density at radius 2 is 1.83 bits per heavy atom. The molecule has 10 heteroatoms. The second-order valence-corrected chi connectivity index (χ2v) is 9.92. The zero-order valence-corrected chi connectivity index (χ0v) is 19.2. The van der Waals surface area contributed by atoms with Gasteiger partial charge in [0.25, 0.3) is 16.1 Å². The van der Waals surface area contributed by atoms with E-state index in [0.717, 1.165) is 10.7 Å². The van der Waals surface area contributed by atoms with Crippen molar-refractivity contribution in [1.82, 2.24) is 18.5 Å². The lowest BCUT2D eigenvalue weighted by Crippen LogP contribution is -2.54. The standard InChI is InChI=1S/C20H28N4O4S2/c1-4-23(5-2)30(26,27)24-12-10-22(11-13-24)20(25)18-8-6-7-9-19(18)28-14-17-15-29-16(3)21-17/h6-9,15H,4-5,10-14H2,1-3H3. The van der Waals surface area contributed by atoms with Gasteiger partial charge < -0.3 is 9.64 Å². The number of aromatic nitrogens is 1. The first-order valence-corrected chi connectivity index (χ1v) is 12.3. The van der Waals surface area contributed by atoms with Crippen molar-refractivity contribution in [2.75, 3.05) is 39.3 Å². The summed E-state index contributed by atoms with van der Waals surface area (Å²) in [6, 6.07) is 7.14. The number of ether oxygens (including phenoxy) is 1. The molecule has 0 saturated carbocycles. The zero-order chi connectivity index (χ0) is 21.7. The van der Waals surface area contributed by atoms with E-state index in [9.17, 15) is 13.2 Å². The molecule has 0 N–H and O–H groups in total. The van der Waals surface area contributed by atoms with Crippen LogP contribution in [0.5, 0.6) is 5.75 Å². The lowest BCUT2D eigenvalue weighted by molar-refractivity contribution is 0.0689. The molecule has 0 radical (unpaired) electrons. The van der Waals surface area contributed by atoms with E-state index in [2.05, 4.69) is 4.98 Å². The highest BCUT2D eigenvalue weighted by Gasteiger charge is 2.32. The minimum atomic E-state index is -3.49. The number of aryl methyl sites for hydroxylation is 1. The lowest BCUT2D eigenvalue weighted by Gasteiger charge is -2.36. The summed E-state index contributed by atoms with van der Waals surface area (Å²) in [5, 5.41) is 2.91. The van der Waals surface area contributed by atoms with Crippen molar-refractivity contribution in [2.45, 2.75) is 27.4 Å². The molecular formula is C20H28N4O4S2. The van der Waals surface area contributed by atoms with Crippen molar-refractivity contribution >= 4 is 27.5 Å². The van der Waals surface area contributed by atoms with E-state index in [0.29, 0.717) is 44.1 Å². The number of carbonyl (C=O) groups is 1. The van der Waals surface area contributed by atoms with E-state index in [4.69, 9.17) is 4.74 Å². The molecule has 8 nitrogen and oxygen atoms in total. The predicted molar refractivity (Wildman–Crippen MR) is 117 cm³/mol. The number of hydrogen-bond acceptors (Lipinski definition) is 6. The lowest BCUT2D eigenvalue weighted by atomic mass is 10.1. The number of carbonyl (C=O) groups excluding carboxylic acids is 1. The Labute approximate surface area is 182 Å². The second-order valence-electron chi connectivity index (χ2n) is 6.93. The minimum Gasteiger partial charge on any atom is -0.486 e. The number of rotatable bonds is 8. The number of piperazine rings is 1. The number of thiazole rings is 1. The van der Waals surface area contributed by atoms with Gasteiger partial charge in [0.2, 0.25) is 0 Å². The van der Waals surface area contributed by atoms with Crippen LogP contribution in [-0.4, -0.2) is 72.1 Å². The summed E-state index contributed by atoms with van der Waals surface area (Å²) in [4.78, 5) is 19.2. The highest BCUT2D eigenvalue weighted by molar-refractivity contribution is 7.86. The van der Waals surface area contributed by atoms with Gasteiger partial charge in [-0.3, -0.25) is 4.79 Å². The summed E-state index contributed by atoms with van der Waals surface area (Å²) in [5.74, 6) is 0.353. The predicted octanol–water partition coefficient (Wildman–Crippen LogP) is 2.37. The molecule has 1 saturated heterocycles. The molecule has 30 heavy (non-hydrogen) atoms. The first kappa shape index (κ1) is 22.7. The van der Waals surface area contributed by atoms with Gasteiger partial charge in [-0.15, -0.1) is 11.3 Å². The van der Waals surface area contributed by atoms with Crippen LogP contribution < -0.4 is 4.74 Å². The summed E-state index contributed by atoms with van der Waals surface area (Å²) >= 11 is 1.56. The zero-order valence-electron chi connectivity index (χ0n) is 17.6. The molecule has 1 aliphatic rings. The van der Waals surface area contributed by atoms with Crippen molar-refractivity contribution in [1.29, 1.82) is 0 Å². The summed E-state index contributed by atoms with van der Waals surface area (Å²) in [6.45, 7) is 8.00. The highest BCUT2D eigenvalue weighted by Crippen LogP contribution is 2.23. The number of hydrogen-bond donors (Lipinski definition) is 0. The average Bonchev–Trinajstić information content (AvgIpc) is 3.18. The van der Waals surface area contributed by atoms with Crippen molar-refractivity contribution in [3.63, 3.8) is 0 Å². The monoisotopic (exact) mass is 452 g/mol. The molecule has 0 aliphatic carbocycles. The van der Waals surface area contributed by atoms with E-state index in [1.165, 1.54) is 8.61 Å². The Kier molecular flexibility index (Phi) is 7.45. The third-order valence-electron chi connectivity index (χ3n) is 5.04. The molecule has 3 rings (SSSR count). The smallest absolute Gasteiger partial charge is 0.282 e. The van der Waals surface area contributed by atoms with Gasteiger partial charge in [-0.2, -0.15) is 17.0 Å². The molecule has 164 valence electrons. The fourth-order valence-corrected chi connectivity index (χ4v) is 5.60. The third kappa shape index (κ3) is 5.00. The maximum Gasteiger partial charge on any atom is 0.282 e. The summed E-state index contributed by atoms with van der Waals surface area (Å²) in [6.07, 6.45) is 0. The van der Waals surface area contributed by atoms with Crippen molar-refractivity contribution in [3.8, 4) is 5.75 Å². The number of para-hydroxylation sites is 1. The molecule has 1 amide bonds. The Balaban J connectivity index is 1.65. The van der Waals surface area contributed by atoms with Crippen molar-refractivity contribution in [2.24, 2.45) is 0 Å². The van der Waals surface area contributed by atoms with Gasteiger partial charge in [-0.05, 0) is 19.1 Å². The number of amides is 1. The van der Waals surface area contributed by atoms with E-state index < -0.39 is 10.2 Å². The van der Waals surface area contributed by atoms with E-state index in [1.54, 1.807) is 34.4 Å². The first-order chi connectivity index (χ1) is 14.4. The Morgan fingerprint density at radius 3 is 2.43 bits per heavy atom. The Bertz CT molecular complexity index is 965. The van der Waals surface area contributed by atoms with E-state index in [-0.39, 0.29) is 19.0 Å². The quantitative estimate of drug-likeness (QED) is 0.614. The topological polar surface area (TPSA) is 83.1 Å². The molecule has 2 heterocycles. The maximum atomic E-state index is 13.1. The van der Waals surface area contributed by atoms with E-state index >= 15 is 0 Å². The van der Waals surface area contributed by atoms with E-state index in [1.807, 2.05) is 32.2 Å². The van der Waals surface area contributed by atoms with Gasteiger partial charge in [0, 0.05) is 44.6 Å². The molecule has 1 fully saturated rings. The third-order valence-corrected chi connectivity index (χ3v) is 8.05. The van der Waals surface area contributed by atoms with Crippen molar-refractivity contribution < 1.29 is 17.9 Å². The summed E-state index contributed by atoms with van der Waals surface area (Å²) < 4.78 is 34.1. The largest absolute Gasteiger partial charge is 0.486 e. The normalized spacial score (nSPS) is 15.5. The summed E-state index contributed by atoms with van der Waals surface area (Å²) in [7, 11) is -3.49. The van der Waals surface area contributed by atoms with Crippen molar-refractivity contribution in [3.05, 3.63) is 45.9 Å².